The van der Waals surface area contributed by atoms with Crippen LogP contribution in [-0.2, 0) is 4.79 Å². The molecule has 6 heteroatoms. The highest BCUT2D eigenvalue weighted by Crippen LogP contribution is 2.23. The molecule has 1 fully saturated rings. The Kier molecular flexibility index (Phi) is 4.83. The fourth-order valence-corrected chi connectivity index (χ4v) is 3.23. The van der Waals surface area contributed by atoms with Crippen LogP contribution >= 0.6 is 0 Å². The van der Waals surface area contributed by atoms with Gasteiger partial charge < -0.3 is 15.1 Å². The van der Waals surface area contributed by atoms with Crippen LogP contribution in [-0.4, -0.2) is 54.0 Å². The largest absolute Gasteiger partial charge is 0.343 e. The van der Waals surface area contributed by atoms with E-state index in [9.17, 15) is 14.0 Å². The molecule has 1 aromatic carbocycles. The van der Waals surface area contributed by atoms with Crippen molar-refractivity contribution in [1.29, 1.82) is 0 Å². The second kappa shape index (κ2) is 7.03. The third-order valence-electron chi connectivity index (χ3n) is 4.69. The number of hydrogen-bond acceptors (Lipinski definition) is 2. The summed E-state index contributed by atoms with van der Waals surface area (Å²) in [5.41, 5.74) is 1.40. The average molecular weight is 331 g/mol. The van der Waals surface area contributed by atoms with Gasteiger partial charge in [-0.2, -0.15) is 0 Å². The lowest BCUT2D eigenvalue weighted by Crippen LogP contribution is -2.49. The third-order valence-corrected chi connectivity index (χ3v) is 4.69. The van der Waals surface area contributed by atoms with Gasteiger partial charge in [-0.1, -0.05) is 24.3 Å². The zero-order chi connectivity index (χ0) is 17.1. The van der Waals surface area contributed by atoms with Gasteiger partial charge in [-0.25, -0.2) is 9.18 Å². The van der Waals surface area contributed by atoms with Crippen LogP contribution in [0.25, 0.3) is 5.57 Å². The minimum absolute atomic E-state index is 0.0815. The molecule has 0 spiro atoms. The van der Waals surface area contributed by atoms with Crippen LogP contribution in [0.3, 0.4) is 0 Å². The summed E-state index contributed by atoms with van der Waals surface area (Å²) in [5.74, 6) is -0.180. The Balaban J connectivity index is 1.51. The van der Waals surface area contributed by atoms with Crippen molar-refractivity contribution in [3.63, 3.8) is 0 Å². The lowest BCUT2D eigenvalue weighted by Gasteiger charge is -2.32. The quantitative estimate of drug-likeness (QED) is 0.904. The topological polar surface area (TPSA) is 52.7 Å². The highest BCUT2D eigenvalue weighted by Gasteiger charge is 2.26. The van der Waals surface area contributed by atoms with E-state index in [-0.39, 0.29) is 23.8 Å². The molecule has 3 amide bonds. The Morgan fingerprint density at radius 3 is 2.54 bits per heavy atom. The molecule has 5 nitrogen and oxygen atoms in total. The number of carbonyl (C=O) groups excluding carboxylic acids is 2. The van der Waals surface area contributed by atoms with E-state index in [2.05, 4.69) is 5.32 Å². The number of halogens is 1. The molecule has 2 aliphatic rings. The Morgan fingerprint density at radius 2 is 1.88 bits per heavy atom. The SMILES string of the molecule is CC(=O)N1CCC(NC(=O)N2CC=C(c3ccccc3F)C2)CC1. The fourth-order valence-electron chi connectivity index (χ4n) is 3.23. The van der Waals surface area contributed by atoms with Crippen molar-refractivity contribution in [3.8, 4) is 0 Å². The first-order valence-electron chi connectivity index (χ1n) is 8.29. The van der Waals surface area contributed by atoms with E-state index in [0.29, 0.717) is 31.7 Å². The van der Waals surface area contributed by atoms with E-state index >= 15 is 0 Å². The summed E-state index contributed by atoms with van der Waals surface area (Å²) in [6.45, 7) is 3.83. The van der Waals surface area contributed by atoms with Gasteiger partial charge in [0.25, 0.3) is 0 Å². The lowest BCUT2D eigenvalue weighted by atomic mass is 10.1. The van der Waals surface area contributed by atoms with E-state index in [0.717, 1.165) is 18.4 Å². The molecule has 1 N–H and O–H groups in total. The van der Waals surface area contributed by atoms with Crippen molar-refractivity contribution in [2.45, 2.75) is 25.8 Å². The summed E-state index contributed by atoms with van der Waals surface area (Å²) in [4.78, 5) is 27.2. The summed E-state index contributed by atoms with van der Waals surface area (Å²) < 4.78 is 13.9. The van der Waals surface area contributed by atoms with Crippen LogP contribution in [0.1, 0.15) is 25.3 Å². The van der Waals surface area contributed by atoms with E-state index in [1.54, 1.807) is 34.9 Å². The Morgan fingerprint density at radius 1 is 1.17 bits per heavy atom. The Hall–Kier alpha value is -2.37. The summed E-state index contributed by atoms with van der Waals surface area (Å²) in [6.07, 6.45) is 3.44. The molecule has 0 atom stereocenters. The molecular formula is C18H22FN3O2. The van der Waals surface area contributed by atoms with Crippen LogP contribution in [0, 0.1) is 5.82 Å². The predicted molar refractivity (Wildman–Crippen MR) is 89.8 cm³/mol. The van der Waals surface area contributed by atoms with E-state index in [4.69, 9.17) is 0 Å². The number of nitrogens with zero attached hydrogens (tertiary/aromatic N) is 2. The first kappa shape index (κ1) is 16.5. The molecule has 0 saturated carbocycles. The second-order valence-electron chi connectivity index (χ2n) is 6.32. The van der Waals surface area contributed by atoms with Crippen LogP contribution in [0.2, 0.25) is 0 Å². The number of piperidine rings is 1. The monoisotopic (exact) mass is 331 g/mol. The maximum absolute atomic E-state index is 13.9. The zero-order valence-electron chi connectivity index (χ0n) is 13.8. The highest BCUT2D eigenvalue weighted by atomic mass is 19.1. The first-order valence-corrected chi connectivity index (χ1v) is 8.29. The van der Waals surface area contributed by atoms with Gasteiger partial charge in [0, 0.05) is 44.7 Å². The van der Waals surface area contributed by atoms with Crippen molar-refractivity contribution in [1.82, 2.24) is 15.1 Å². The van der Waals surface area contributed by atoms with E-state index in [1.165, 1.54) is 6.07 Å². The van der Waals surface area contributed by atoms with Gasteiger partial charge in [-0.3, -0.25) is 4.79 Å². The highest BCUT2D eigenvalue weighted by molar-refractivity contribution is 5.81. The maximum atomic E-state index is 13.9. The molecule has 0 radical (unpaired) electrons. The van der Waals surface area contributed by atoms with Crippen molar-refractivity contribution >= 4 is 17.5 Å². The van der Waals surface area contributed by atoms with Gasteiger partial charge in [0.15, 0.2) is 0 Å². The van der Waals surface area contributed by atoms with Crippen molar-refractivity contribution in [2.24, 2.45) is 0 Å². The van der Waals surface area contributed by atoms with Crippen LogP contribution in [0.4, 0.5) is 9.18 Å². The predicted octanol–water partition coefficient (Wildman–Crippen LogP) is 2.25. The second-order valence-corrected chi connectivity index (χ2v) is 6.32. The number of urea groups is 1. The molecule has 0 aromatic heterocycles. The molecule has 1 aromatic rings. The Bertz CT molecular complexity index is 666. The molecule has 1 saturated heterocycles. The molecule has 3 rings (SSSR count). The number of rotatable bonds is 2. The van der Waals surface area contributed by atoms with Crippen LogP contribution < -0.4 is 5.32 Å². The normalized spacial score (nSPS) is 18.5. The maximum Gasteiger partial charge on any atom is 0.318 e. The molecule has 0 aliphatic carbocycles. The summed E-state index contributed by atoms with van der Waals surface area (Å²) >= 11 is 0. The number of hydrogen-bond donors (Lipinski definition) is 1. The van der Waals surface area contributed by atoms with Gasteiger partial charge in [-0.05, 0) is 24.5 Å². The number of nitrogens with one attached hydrogen (secondary N) is 1. The summed E-state index contributed by atoms with van der Waals surface area (Å²) in [5, 5.41) is 3.03. The van der Waals surface area contributed by atoms with Gasteiger partial charge in [0.2, 0.25) is 5.91 Å². The molecule has 2 heterocycles. The van der Waals surface area contributed by atoms with Crippen molar-refractivity contribution in [2.75, 3.05) is 26.2 Å². The minimum Gasteiger partial charge on any atom is -0.343 e. The van der Waals surface area contributed by atoms with Crippen LogP contribution in [0.15, 0.2) is 30.3 Å². The molecule has 128 valence electrons. The van der Waals surface area contributed by atoms with Crippen molar-refractivity contribution < 1.29 is 14.0 Å². The van der Waals surface area contributed by atoms with Crippen LogP contribution in [0.5, 0.6) is 0 Å². The van der Waals surface area contributed by atoms with Crippen molar-refractivity contribution in [3.05, 3.63) is 41.7 Å². The first-order chi connectivity index (χ1) is 11.5. The minimum atomic E-state index is -0.261. The molecular weight excluding hydrogens is 309 g/mol. The number of benzene rings is 1. The standard InChI is InChI=1S/C18H22FN3O2/c1-13(23)21-10-7-15(8-11-21)20-18(24)22-9-6-14(12-22)16-4-2-3-5-17(16)19/h2-6,15H,7-12H2,1H3,(H,20,24). The van der Waals surface area contributed by atoms with Gasteiger partial charge in [-0.15, -0.1) is 0 Å². The van der Waals surface area contributed by atoms with Gasteiger partial charge >= 0.3 is 6.03 Å². The van der Waals surface area contributed by atoms with Gasteiger partial charge in [0.1, 0.15) is 5.82 Å². The molecule has 24 heavy (non-hydrogen) atoms. The smallest absolute Gasteiger partial charge is 0.318 e. The van der Waals surface area contributed by atoms with Gasteiger partial charge in [0.05, 0.1) is 0 Å². The summed E-state index contributed by atoms with van der Waals surface area (Å²) in [7, 11) is 0. The zero-order valence-corrected chi connectivity index (χ0v) is 13.8. The molecule has 0 unspecified atom stereocenters. The number of amides is 3. The average Bonchev–Trinajstić information content (AvgIpc) is 3.05. The lowest BCUT2D eigenvalue weighted by molar-refractivity contribution is -0.129. The third kappa shape index (κ3) is 3.58. The van der Waals surface area contributed by atoms with E-state index < -0.39 is 0 Å². The fraction of sp³-hybridized carbons (Fsp3) is 0.444. The number of carbonyl (C=O) groups is 2. The molecule has 2 aliphatic heterocycles. The van der Waals surface area contributed by atoms with E-state index in [1.807, 2.05) is 6.08 Å². The summed E-state index contributed by atoms with van der Waals surface area (Å²) in [6, 6.07) is 6.59. The molecule has 0 bridgehead atoms. The number of likely N-dealkylation sites (tertiary alicyclic amines) is 1. The Labute approximate surface area is 141 Å².